The zero-order valence-electron chi connectivity index (χ0n) is 12.2. The van der Waals surface area contributed by atoms with Crippen LogP contribution in [0.1, 0.15) is 39.0 Å². The van der Waals surface area contributed by atoms with Crippen molar-refractivity contribution in [2.75, 3.05) is 19.6 Å². The number of hydrogen-bond donors (Lipinski definition) is 2. The fourth-order valence-electron chi connectivity index (χ4n) is 2.86. The lowest BCUT2D eigenvalue weighted by atomic mass is 9.94. The summed E-state index contributed by atoms with van der Waals surface area (Å²) in [6.07, 6.45) is 3.65. The summed E-state index contributed by atoms with van der Waals surface area (Å²) in [5.41, 5.74) is 0.449. The summed E-state index contributed by atoms with van der Waals surface area (Å²) in [5, 5.41) is 11.4. The summed E-state index contributed by atoms with van der Waals surface area (Å²) < 4.78 is 25.8. The van der Waals surface area contributed by atoms with Gasteiger partial charge in [0, 0.05) is 26.1 Å². The number of carbonyl (C=O) groups is 2. The second kappa shape index (κ2) is 5.77. The van der Waals surface area contributed by atoms with Crippen molar-refractivity contribution in [1.29, 1.82) is 0 Å². The van der Waals surface area contributed by atoms with Crippen LogP contribution in [-0.2, 0) is 4.79 Å². The van der Waals surface area contributed by atoms with Gasteiger partial charge in [-0.05, 0) is 38.0 Å². The molecule has 2 rings (SSSR count). The van der Waals surface area contributed by atoms with Gasteiger partial charge in [-0.2, -0.15) is 0 Å². The monoisotopic (exact) mass is 304 g/mol. The van der Waals surface area contributed by atoms with Gasteiger partial charge in [-0.3, -0.25) is 4.79 Å². The van der Waals surface area contributed by atoms with Crippen molar-refractivity contribution in [2.24, 2.45) is 11.3 Å². The fraction of sp³-hybridized carbons (Fsp3) is 0.857. The molecule has 21 heavy (non-hydrogen) atoms. The summed E-state index contributed by atoms with van der Waals surface area (Å²) in [6, 6.07) is -0.351. The maximum absolute atomic E-state index is 12.9. The Bertz CT molecular complexity index is 409. The molecule has 0 aromatic heterocycles. The molecule has 0 unspecified atom stereocenters. The summed E-state index contributed by atoms with van der Waals surface area (Å²) in [6.45, 7) is 1.74. The van der Waals surface area contributed by atoms with Crippen molar-refractivity contribution in [3.05, 3.63) is 0 Å². The zero-order valence-corrected chi connectivity index (χ0v) is 12.2. The third-order valence-electron chi connectivity index (χ3n) is 4.52. The molecule has 0 aromatic carbocycles. The van der Waals surface area contributed by atoms with Gasteiger partial charge in [-0.1, -0.05) is 0 Å². The number of likely N-dealkylation sites (tertiary alicyclic amines) is 1. The van der Waals surface area contributed by atoms with E-state index in [1.165, 1.54) is 12.8 Å². The largest absolute Gasteiger partial charge is 0.481 e. The molecule has 0 bridgehead atoms. The summed E-state index contributed by atoms with van der Waals surface area (Å²) in [5.74, 6) is -5.64. The summed E-state index contributed by atoms with van der Waals surface area (Å²) in [7, 11) is 0. The number of urea groups is 1. The Balaban J connectivity index is 1.77. The van der Waals surface area contributed by atoms with E-state index in [9.17, 15) is 18.4 Å². The van der Waals surface area contributed by atoms with Gasteiger partial charge >= 0.3 is 12.0 Å². The smallest absolute Gasteiger partial charge is 0.317 e. The minimum Gasteiger partial charge on any atom is -0.481 e. The van der Waals surface area contributed by atoms with E-state index in [4.69, 9.17) is 5.11 Å². The standard InChI is InChI=1S/C14H22F2N2O3/c1-13(15,16)8-10(11(19)20)9-17-12(21)18-6-4-14(2-3-14)5-7-18/h10H,2-9H2,1H3,(H,17,21)(H,19,20)/t10-/m0/s1. The molecule has 1 saturated heterocycles. The molecule has 1 spiro atoms. The molecule has 2 N–H and O–H groups in total. The fourth-order valence-corrected chi connectivity index (χ4v) is 2.86. The van der Waals surface area contributed by atoms with Crippen molar-refractivity contribution in [2.45, 2.75) is 45.0 Å². The van der Waals surface area contributed by atoms with Gasteiger partial charge < -0.3 is 15.3 Å². The summed E-state index contributed by atoms with van der Waals surface area (Å²) in [4.78, 5) is 24.6. The Morgan fingerprint density at radius 3 is 2.29 bits per heavy atom. The molecular weight excluding hydrogens is 282 g/mol. The van der Waals surface area contributed by atoms with E-state index < -0.39 is 24.2 Å². The molecule has 120 valence electrons. The third-order valence-corrected chi connectivity index (χ3v) is 4.52. The van der Waals surface area contributed by atoms with E-state index in [0.29, 0.717) is 25.4 Å². The number of amides is 2. The Hall–Kier alpha value is -1.40. The average Bonchev–Trinajstić information content (AvgIpc) is 3.13. The van der Waals surface area contributed by atoms with Crippen molar-refractivity contribution in [3.63, 3.8) is 0 Å². The second-order valence-electron chi connectivity index (χ2n) is 6.48. The first-order chi connectivity index (χ1) is 9.71. The topological polar surface area (TPSA) is 69.6 Å². The van der Waals surface area contributed by atoms with E-state index in [-0.39, 0.29) is 12.6 Å². The zero-order chi connectivity index (χ0) is 15.7. The molecule has 1 aliphatic heterocycles. The highest BCUT2D eigenvalue weighted by atomic mass is 19.3. The lowest BCUT2D eigenvalue weighted by Crippen LogP contribution is -2.47. The lowest BCUT2D eigenvalue weighted by Gasteiger charge is -2.32. The van der Waals surface area contributed by atoms with Crippen molar-refractivity contribution in [3.8, 4) is 0 Å². The van der Waals surface area contributed by atoms with Crippen LogP contribution in [0.4, 0.5) is 13.6 Å². The molecule has 1 aliphatic carbocycles. The SMILES string of the molecule is CC(F)(F)C[C@@H](CNC(=O)N1CCC2(CC1)CC2)C(=O)O. The lowest BCUT2D eigenvalue weighted by molar-refractivity contribution is -0.144. The molecule has 1 saturated carbocycles. The highest BCUT2D eigenvalue weighted by Crippen LogP contribution is 2.53. The minimum atomic E-state index is -3.06. The number of carboxylic acid groups (broad SMARTS) is 1. The maximum Gasteiger partial charge on any atom is 0.317 e. The van der Waals surface area contributed by atoms with Crippen LogP contribution < -0.4 is 5.32 Å². The molecule has 1 heterocycles. The van der Waals surface area contributed by atoms with Crippen LogP contribution in [0.5, 0.6) is 0 Å². The predicted molar refractivity (Wildman–Crippen MR) is 72.2 cm³/mol. The molecule has 5 nitrogen and oxygen atoms in total. The number of nitrogens with one attached hydrogen (secondary N) is 1. The van der Waals surface area contributed by atoms with Gasteiger partial charge in [-0.25, -0.2) is 13.6 Å². The Labute approximate surface area is 122 Å². The van der Waals surface area contributed by atoms with Gasteiger partial charge in [0.25, 0.3) is 0 Å². The number of piperidine rings is 1. The normalized spacial score (nSPS) is 22.0. The molecule has 2 amide bonds. The Kier molecular flexibility index (Phi) is 4.39. The molecule has 0 aromatic rings. The maximum atomic E-state index is 12.9. The highest BCUT2D eigenvalue weighted by Gasteiger charge is 2.45. The van der Waals surface area contributed by atoms with Crippen LogP contribution in [0, 0.1) is 11.3 Å². The van der Waals surface area contributed by atoms with Crippen molar-refractivity contribution >= 4 is 12.0 Å². The van der Waals surface area contributed by atoms with Gasteiger partial charge in [0.1, 0.15) is 0 Å². The number of alkyl halides is 2. The third kappa shape index (κ3) is 4.54. The van der Waals surface area contributed by atoms with Gasteiger partial charge in [-0.15, -0.1) is 0 Å². The minimum absolute atomic E-state index is 0.265. The highest BCUT2D eigenvalue weighted by molar-refractivity contribution is 5.76. The second-order valence-corrected chi connectivity index (χ2v) is 6.48. The molecule has 0 radical (unpaired) electrons. The van der Waals surface area contributed by atoms with Crippen LogP contribution >= 0.6 is 0 Å². The van der Waals surface area contributed by atoms with Gasteiger partial charge in [0.15, 0.2) is 0 Å². The number of halogens is 2. The first-order valence-electron chi connectivity index (χ1n) is 7.34. The first-order valence-corrected chi connectivity index (χ1v) is 7.34. The number of nitrogens with zero attached hydrogens (tertiary/aromatic N) is 1. The Morgan fingerprint density at radius 1 is 1.29 bits per heavy atom. The number of rotatable bonds is 5. The van der Waals surface area contributed by atoms with Crippen LogP contribution in [0.25, 0.3) is 0 Å². The number of carboxylic acids is 1. The number of hydrogen-bond acceptors (Lipinski definition) is 2. The van der Waals surface area contributed by atoms with E-state index in [2.05, 4.69) is 5.32 Å². The molecular formula is C14H22F2N2O3. The van der Waals surface area contributed by atoms with Crippen LogP contribution in [0.2, 0.25) is 0 Å². The first kappa shape index (κ1) is 16.0. The van der Waals surface area contributed by atoms with Gasteiger partial charge in [0.2, 0.25) is 5.92 Å². The van der Waals surface area contributed by atoms with Crippen molar-refractivity contribution < 1.29 is 23.5 Å². The molecule has 1 atom stereocenters. The van der Waals surface area contributed by atoms with Crippen molar-refractivity contribution in [1.82, 2.24) is 10.2 Å². The van der Waals surface area contributed by atoms with E-state index in [1.807, 2.05) is 0 Å². The molecule has 7 heteroatoms. The van der Waals surface area contributed by atoms with Crippen LogP contribution in [-0.4, -0.2) is 47.6 Å². The van der Waals surface area contributed by atoms with Gasteiger partial charge in [0.05, 0.1) is 5.92 Å². The van der Waals surface area contributed by atoms with E-state index in [1.54, 1.807) is 4.90 Å². The number of carbonyl (C=O) groups excluding carboxylic acids is 1. The summed E-state index contributed by atoms with van der Waals surface area (Å²) >= 11 is 0. The average molecular weight is 304 g/mol. The quantitative estimate of drug-likeness (QED) is 0.819. The van der Waals surface area contributed by atoms with E-state index >= 15 is 0 Å². The van der Waals surface area contributed by atoms with Crippen LogP contribution in [0.15, 0.2) is 0 Å². The van der Waals surface area contributed by atoms with Crippen LogP contribution in [0.3, 0.4) is 0 Å². The molecule has 2 aliphatic rings. The number of aliphatic carboxylic acids is 1. The van der Waals surface area contributed by atoms with E-state index in [0.717, 1.165) is 12.8 Å². The Morgan fingerprint density at radius 2 is 1.86 bits per heavy atom. The molecule has 2 fully saturated rings. The predicted octanol–water partition coefficient (Wildman–Crippen LogP) is 2.32.